The van der Waals surface area contributed by atoms with Gasteiger partial charge in [0.15, 0.2) is 0 Å². The average Bonchev–Trinajstić information content (AvgIpc) is 2.91. The number of halogens is 1. The SMILES string of the molecule is Cc1cccc(-c2nc(CN)sc2-c2cccc(F)c2)c1. The summed E-state index contributed by atoms with van der Waals surface area (Å²) in [5, 5.41) is 0.853. The molecule has 0 radical (unpaired) electrons. The molecule has 1 aromatic heterocycles. The molecule has 0 aliphatic heterocycles. The predicted octanol–water partition coefficient (Wildman–Crippen LogP) is 4.38. The van der Waals surface area contributed by atoms with Crippen molar-refractivity contribution in [2.75, 3.05) is 0 Å². The molecular weight excluding hydrogens is 283 g/mol. The molecule has 0 unspecified atom stereocenters. The number of hydrogen-bond acceptors (Lipinski definition) is 3. The molecule has 2 nitrogen and oxygen atoms in total. The third-order valence-corrected chi connectivity index (χ3v) is 4.35. The number of aromatic nitrogens is 1. The van der Waals surface area contributed by atoms with Gasteiger partial charge in [0.05, 0.1) is 10.6 Å². The van der Waals surface area contributed by atoms with E-state index in [0.717, 1.165) is 26.7 Å². The van der Waals surface area contributed by atoms with Gasteiger partial charge in [0, 0.05) is 12.1 Å². The van der Waals surface area contributed by atoms with E-state index < -0.39 is 0 Å². The van der Waals surface area contributed by atoms with E-state index in [0.29, 0.717) is 6.54 Å². The van der Waals surface area contributed by atoms with Gasteiger partial charge in [-0.2, -0.15) is 0 Å². The van der Waals surface area contributed by atoms with Crippen molar-refractivity contribution in [2.24, 2.45) is 5.73 Å². The van der Waals surface area contributed by atoms with Gasteiger partial charge in [0.2, 0.25) is 0 Å². The van der Waals surface area contributed by atoms with Gasteiger partial charge in [-0.1, -0.05) is 35.9 Å². The van der Waals surface area contributed by atoms with E-state index in [9.17, 15) is 4.39 Å². The molecular formula is C17H15FN2S. The Morgan fingerprint density at radius 1 is 1.10 bits per heavy atom. The summed E-state index contributed by atoms with van der Waals surface area (Å²) in [7, 11) is 0. The summed E-state index contributed by atoms with van der Waals surface area (Å²) >= 11 is 1.52. The highest BCUT2D eigenvalue weighted by Crippen LogP contribution is 2.37. The highest BCUT2D eigenvalue weighted by molar-refractivity contribution is 7.15. The van der Waals surface area contributed by atoms with E-state index >= 15 is 0 Å². The maximum atomic E-state index is 13.5. The zero-order chi connectivity index (χ0) is 14.8. The minimum absolute atomic E-state index is 0.245. The molecule has 4 heteroatoms. The molecule has 21 heavy (non-hydrogen) atoms. The third kappa shape index (κ3) is 2.86. The number of nitrogens with two attached hydrogens (primary N) is 1. The maximum absolute atomic E-state index is 13.5. The van der Waals surface area contributed by atoms with Crippen LogP contribution in [0.15, 0.2) is 48.5 Å². The number of hydrogen-bond donors (Lipinski definition) is 1. The average molecular weight is 298 g/mol. The first kappa shape index (κ1) is 13.9. The summed E-state index contributed by atoms with van der Waals surface area (Å²) in [6.07, 6.45) is 0. The van der Waals surface area contributed by atoms with Gasteiger partial charge in [-0.15, -0.1) is 11.3 Å². The number of benzene rings is 2. The van der Waals surface area contributed by atoms with Gasteiger partial charge in [0.1, 0.15) is 10.8 Å². The van der Waals surface area contributed by atoms with Crippen molar-refractivity contribution in [1.82, 2.24) is 4.98 Å². The standard InChI is InChI=1S/C17H15FN2S/c1-11-4-2-5-12(8-11)16-17(21-15(10-19)20-16)13-6-3-7-14(18)9-13/h2-9H,10,19H2,1H3. The highest BCUT2D eigenvalue weighted by atomic mass is 32.1. The number of rotatable bonds is 3. The molecule has 2 aromatic carbocycles. The van der Waals surface area contributed by atoms with Crippen LogP contribution in [0.3, 0.4) is 0 Å². The molecule has 1 heterocycles. The fourth-order valence-electron chi connectivity index (χ4n) is 2.27. The van der Waals surface area contributed by atoms with Crippen LogP contribution in [0.25, 0.3) is 21.7 Å². The smallest absolute Gasteiger partial charge is 0.123 e. The second kappa shape index (κ2) is 5.76. The van der Waals surface area contributed by atoms with Crippen LogP contribution in [0.1, 0.15) is 10.6 Å². The Hall–Kier alpha value is -2.04. The molecule has 0 saturated heterocycles. The monoisotopic (exact) mass is 298 g/mol. The zero-order valence-electron chi connectivity index (χ0n) is 11.6. The van der Waals surface area contributed by atoms with Gasteiger partial charge in [-0.05, 0) is 30.7 Å². The summed E-state index contributed by atoms with van der Waals surface area (Å²) in [4.78, 5) is 5.58. The fourth-order valence-corrected chi connectivity index (χ4v) is 3.23. The second-order valence-corrected chi connectivity index (χ2v) is 5.95. The normalized spacial score (nSPS) is 10.8. The highest BCUT2D eigenvalue weighted by Gasteiger charge is 2.14. The van der Waals surface area contributed by atoms with Crippen LogP contribution in [0, 0.1) is 12.7 Å². The van der Waals surface area contributed by atoms with Crippen LogP contribution in [0.4, 0.5) is 4.39 Å². The minimum Gasteiger partial charge on any atom is -0.325 e. The van der Waals surface area contributed by atoms with E-state index in [4.69, 9.17) is 5.73 Å². The van der Waals surface area contributed by atoms with E-state index in [-0.39, 0.29) is 5.82 Å². The Kier molecular flexibility index (Phi) is 3.82. The van der Waals surface area contributed by atoms with Crippen molar-refractivity contribution in [2.45, 2.75) is 13.5 Å². The fraction of sp³-hybridized carbons (Fsp3) is 0.118. The lowest BCUT2D eigenvalue weighted by Gasteiger charge is -2.04. The Morgan fingerprint density at radius 3 is 2.57 bits per heavy atom. The van der Waals surface area contributed by atoms with Gasteiger partial charge < -0.3 is 5.73 Å². The Labute approximate surface area is 127 Å². The van der Waals surface area contributed by atoms with Crippen molar-refractivity contribution in [1.29, 1.82) is 0 Å². The zero-order valence-corrected chi connectivity index (χ0v) is 12.5. The lowest BCUT2D eigenvalue weighted by atomic mass is 10.0. The minimum atomic E-state index is -0.245. The van der Waals surface area contributed by atoms with E-state index in [1.807, 2.05) is 31.2 Å². The molecule has 0 fully saturated rings. The van der Waals surface area contributed by atoms with Crippen molar-refractivity contribution in [3.63, 3.8) is 0 Å². The first-order valence-electron chi connectivity index (χ1n) is 6.70. The summed E-state index contributed by atoms with van der Waals surface area (Å²) in [6, 6.07) is 14.7. The first-order valence-corrected chi connectivity index (χ1v) is 7.52. The van der Waals surface area contributed by atoms with E-state index in [1.165, 1.54) is 29.0 Å². The van der Waals surface area contributed by atoms with E-state index in [2.05, 4.69) is 11.1 Å². The molecule has 3 aromatic rings. The molecule has 106 valence electrons. The third-order valence-electron chi connectivity index (χ3n) is 3.22. The predicted molar refractivity (Wildman–Crippen MR) is 85.6 cm³/mol. The van der Waals surface area contributed by atoms with Crippen LogP contribution >= 0.6 is 11.3 Å². The van der Waals surface area contributed by atoms with Gasteiger partial charge in [-0.25, -0.2) is 9.37 Å². The molecule has 3 rings (SSSR count). The number of aryl methyl sites for hydroxylation is 1. The first-order chi connectivity index (χ1) is 10.2. The van der Waals surface area contributed by atoms with Crippen molar-refractivity contribution in [3.05, 3.63) is 64.9 Å². The molecule has 0 saturated carbocycles. The molecule has 0 atom stereocenters. The van der Waals surface area contributed by atoms with Crippen molar-refractivity contribution in [3.8, 4) is 21.7 Å². The Balaban J connectivity index is 2.18. The van der Waals surface area contributed by atoms with E-state index in [1.54, 1.807) is 6.07 Å². The van der Waals surface area contributed by atoms with Crippen LogP contribution in [-0.4, -0.2) is 4.98 Å². The number of nitrogens with zero attached hydrogens (tertiary/aromatic N) is 1. The molecule has 0 amide bonds. The lowest BCUT2D eigenvalue weighted by Crippen LogP contribution is -1.94. The van der Waals surface area contributed by atoms with Gasteiger partial charge in [0.25, 0.3) is 0 Å². The summed E-state index contributed by atoms with van der Waals surface area (Å²) < 4.78 is 13.5. The molecule has 0 aliphatic rings. The molecule has 0 spiro atoms. The van der Waals surface area contributed by atoms with Gasteiger partial charge in [-0.3, -0.25) is 0 Å². The maximum Gasteiger partial charge on any atom is 0.123 e. The summed E-state index contributed by atoms with van der Waals surface area (Å²) in [5.41, 5.74) is 9.63. The van der Waals surface area contributed by atoms with Crippen LogP contribution < -0.4 is 5.73 Å². The van der Waals surface area contributed by atoms with Crippen LogP contribution in [0.5, 0.6) is 0 Å². The van der Waals surface area contributed by atoms with Crippen molar-refractivity contribution < 1.29 is 4.39 Å². The topological polar surface area (TPSA) is 38.9 Å². The summed E-state index contributed by atoms with van der Waals surface area (Å²) in [5.74, 6) is -0.245. The summed E-state index contributed by atoms with van der Waals surface area (Å²) in [6.45, 7) is 2.43. The van der Waals surface area contributed by atoms with Crippen LogP contribution in [0.2, 0.25) is 0 Å². The number of thiazole rings is 1. The lowest BCUT2D eigenvalue weighted by molar-refractivity contribution is 0.628. The molecule has 0 aliphatic carbocycles. The molecule has 0 bridgehead atoms. The quantitative estimate of drug-likeness (QED) is 0.779. The Bertz CT molecular complexity index is 717. The van der Waals surface area contributed by atoms with Gasteiger partial charge >= 0.3 is 0 Å². The second-order valence-electron chi connectivity index (χ2n) is 4.87. The van der Waals surface area contributed by atoms with Crippen LogP contribution in [-0.2, 0) is 6.54 Å². The van der Waals surface area contributed by atoms with Crippen molar-refractivity contribution >= 4 is 11.3 Å². The Morgan fingerprint density at radius 2 is 1.86 bits per heavy atom. The largest absolute Gasteiger partial charge is 0.325 e. The molecule has 2 N–H and O–H groups in total.